The Morgan fingerprint density at radius 1 is 0.949 bits per heavy atom. The molecule has 0 amide bonds. The van der Waals surface area contributed by atoms with Gasteiger partial charge in [0.05, 0.1) is 20.8 Å². The zero-order chi connectivity index (χ0) is 27.4. The lowest BCUT2D eigenvalue weighted by atomic mass is 10.2. The van der Waals surface area contributed by atoms with Gasteiger partial charge in [-0.1, -0.05) is 35.9 Å². The summed E-state index contributed by atoms with van der Waals surface area (Å²) in [6.07, 6.45) is 0. The molecule has 3 heterocycles. The van der Waals surface area contributed by atoms with Gasteiger partial charge in [0.25, 0.3) is 0 Å². The molecule has 39 heavy (non-hydrogen) atoms. The van der Waals surface area contributed by atoms with Gasteiger partial charge in [0, 0.05) is 11.8 Å². The van der Waals surface area contributed by atoms with Crippen molar-refractivity contribution in [2.75, 3.05) is 25.5 Å². The fourth-order valence-electron chi connectivity index (χ4n) is 3.96. The van der Waals surface area contributed by atoms with E-state index in [0.717, 1.165) is 5.56 Å². The standard InChI is InChI=1S/C27H24ClFN6O3S/c1-4-38-21-13-6-10-18(30-21)26-33-25-27(35(26)22-19(36-2)11-7-12-20(22)37-3)32-24(23(28)31-25)34-39-15-16-8-5-9-17(29)14-16/h5-14H,4,15H2,1-3H3,(H,32,34). The third-order valence-corrected chi connectivity index (χ3v) is 6.70. The van der Waals surface area contributed by atoms with Crippen molar-refractivity contribution in [3.05, 3.63) is 77.2 Å². The number of para-hydroxylation sites is 1. The number of anilines is 1. The highest BCUT2D eigenvalue weighted by Crippen LogP contribution is 2.38. The van der Waals surface area contributed by atoms with Crippen LogP contribution < -0.4 is 18.9 Å². The Morgan fingerprint density at radius 2 is 1.69 bits per heavy atom. The molecule has 0 aliphatic heterocycles. The van der Waals surface area contributed by atoms with Crippen LogP contribution in [-0.4, -0.2) is 45.3 Å². The van der Waals surface area contributed by atoms with E-state index >= 15 is 0 Å². The molecule has 9 nitrogen and oxygen atoms in total. The highest BCUT2D eigenvalue weighted by Gasteiger charge is 2.25. The number of aromatic nitrogens is 5. The van der Waals surface area contributed by atoms with Gasteiger partial charge < -0.3 is 18.9 Å². The molecule has 0 saturated heterocycles. The Hall–Kier alpha value is -4.09. The minimum absolute atomic E-state index is 0.133. The Balaban J connectivity index is 1.65. The van der Waals surface area contributed by atoms with Gasteiger partial charge in [-0.15, -0.1) is 0 Å². The molecule has 0 saturated carbocycles. The molecule has 0 fully saturated rings. The van der Waals surface area contributed by atoms with Crippen molar-refractivity contribution >= 4 is 40.7 Å². The molecule has 0 spiro atoms. The second kappa shape index (κ2) is 11.7. The van der Waals surface area contributed by atoms with E-state index in [1.807, 2.05) is 43.3 Å². The number of nitrogens with one attached hydrogen (secondary N) is 1. The normalized spacial score (nSPS) is 11.0. The predicted molar refractivity (Wildman–Crippen MR) is 150 cm³/mol. The molecule has 0 unspecified atom stereocenters. The fourth-order valence-corrected chi connectivity index (χ4v) is 4.88. The van der Waals surface area contributed by atoms with Crippen molar-refractivity contribution in [1.82, 2.24) is 24.5 Å². The summed E-state index contributed by atoms with van der Waals surface area (Å²) in [5, 5.41) is 0.133. The van der Waals surface area contributed by atoms with Gasteiger partial charge in [0.15, 0.2) is 28.1 Å². The van der Waals surface area contributed by atoms with Crippen LogP contribution in [0.5, 0.6) is 17.4 Å². The van der Waals surface area contributed by atoms with Crippen molar-refractivity contribution in [1.29, 1.82) is 0 Å². The summed E-state index contributed by atoms with van der Waals surface area (Å²) in [6, 6.07) is 17.3. The second-order valence-corrected chi connectivity index (χ2v) is 9.25. The number of nitrogens with zero attached hydrogens (tertiary/aromatic N) is 5. The van der Waals surface area contributed by atoms with Gasteiger partial charge in [0.2, 0.25) is 5.88 Å². The maximum absolute atomic E-state index is 13.6. The van der Waals surface area contributed by atoms with Crippen LogP contribution in [0.1, 0.15) is 12.5 Å². The van der Waals surface area contributed by atoms with Crippen LogP contribution in [0.3, 0.4) is 0 Å². The molecular weight excluding hydrogens is 543 g/mol. The van der Waals surface area contributed by atoms with Crippen LogP contribution >= 0.6 is 23.5 Å². The quantitative estimate of drug-likeness (QED) is 0.194. The van der Waals surface area contributed by atoms with E-state index in [1.54, 1.807) is 30.9 Å². The minimum Gasteiger partial charge on any atom is -0.494 e. The van der Waals surface area contributed by atoms with E-state index in [2.05, 4.69) is 14.7 Å². The van der Waals surface area contributed by atoms with Crippen LogP contribution in [0.4, 0.5) is 10.2 Å². The molecule has 12 heteroatoms. The number of halogens is 2. The third-order valence-electron chi connectivity index (χ3n) is 5.62. The number of rotatable bonds is 10. The maximum Gasteiger partial charge on any atom is 0.213 e. The minimum atomic E-state index is -0.295. The Bertz CT molecular complexity index is 1610. The average Bonchev–Trinajstić information content (AvgIpc) is 3.30. The molecule has 1 N–H and O–H groups in total. The van der Waals surface area contributed by atoms with Crippen LogP contribution in [0.15, 0.2) is 60.7 Å². The molecule has 0 aliphatic carbocycles. The molecule has 0 atom stereocenters. The van der Waals surface area contributed by atoms with Crippen LogP contribution in [0.25, 0.3) is 28.5 Å². The number of ether oxygens (including phenoxy) is 3. The maximum atomic E-state index is 13.6. The summed E-state index contributed by atoms with van der Waals surface area (Å²) < 4.78 is 35.5. The van der Waals surface area contributed by atoms with Gasteiger partial charge in [-0.05, 0) is 54.8 Å². The molecule has 3 aromatic heterocycles. The number of hydrogen-bond acceptors (Lipinski definition) is 9. The zero-order valence-corrected chi connectivity index (χ0v) is 22.9. The first-order valence-electron chi connectivity index (χ1n) is 11.9. The van der Waals surface area contributed by atoms with E-state index < -0.39 is 0 Å². The lowest BCUT2D eigenvalue weighted by molar-refractivity contribution is 0.327. The largest absolute Gasteiger partial charge is 0.494 e. The van der Waals surface area contributed by atoms with Gasteiger partial charge in [-0.25, -0.2) is 24.3 Å². The summed E-state index contributed by atoms with van der Waals surface area (Å²) in [6.45, 7) is 2.36. The van der Waals surface area contributed by atoms with Crippen LogP contribution in [-0.2, 0) is 5.75 Å². The summed E-state index contributed by atoms with van der Waals surface area (Å²) in [5.41, 5.74) is 2.60. The molecule has 200 valence electrons. The van der Waals surface area contributed by atoms with Gasteiger partial charge in [-0.3, -0.25) is 4.57 Å². The highest BCUT2D eigenvalue weighted by molar-refractivity contribution is 7.99. The second-order valence-electron chi connectivity index (χ2n) is 8.11. The predicted octanol–water partition coefficient (Wildman–Crippen LogP) is 6.35. The van der Waals surface area contributed by atoms with Crippen molar-refractivity contribution in [2.24, 2.45) is 0 Å². The van der Waals surface area contributed by atoms with Crippen molar-refractivity contribution in [2.45, 2.75) is 12.7 Å². The first-order valence-corrected chi connectivity index (χ1v) is 13.3. The Kier molecular flexibility index (Phi) is 7.99. The van der Waals surface area contributed by atoms with E-state index in [9.17, 15) is 4.39 Å². The number of methoxy groups -OCH3 is 2. The molecular formula is C27H24ClFN6O3S. The van der Waals surface area contributed by atoms with Crippen LogP contribution in [0.2, 0.25) is 5.15 Å². The van der Waals surface area contributed by atoms with Crippen molar-refractivity contribution in [3.63, 3.8) is 0 Å². The molecule has 5 rings (SSSR count). The molecule has 0 radical (unpaired) electrons. The highest BCUT2D eigenvalue weighted by atomic mass is 35.5. The molecule has 5 aromatic rings. The number of benzene rings is 2. The summed E-state index contributed by atoms with van der Waals surface area (Å²) in [7, 11) is 3.15. The lowest BCUT2D eigenvalue weighted by Crippen LogP contribution is -2.06. The molecule has 0 aliphatic rings. The first kappa shape index (κ1) is 26.5. The lowest BCUT2D eigenvalue weighted by Gasteiger charge is -2.16. The first-order chi connectivity index (χ1) is 19.0. The number of hydrogen-bond donors (Lipinski definition) is 1. The summed E-state index contributed by atoms with van der Waals surface area (Å²) in [5.74, 6) is 2.46. The van der Waals surface area contributed by atoms with Crippen molar-refractivity contribution < 1.29 is 18.6 Å². The SMILES string of the molecule is CCOc1cccc(-c2nc3nc(Cl)c(NSCc4cccc(F)c4)nc3n2-c2c(OC)cccc2OC)n1. The molecule has 0 bridgehead atoms. The van der Waals surface area contributed by atoms with Gasteiger partial charge in [0.1, 0.15) is 28.7 Å². The zero-order valence-electron chi connectivity index (χ0n) is 21.3. The number of fused-ring (bicyclic) bond motifs is 1. The monoisotopic (exact) mass is 566 g/mol. The Morgan fingerprint density at radius 3 is 2.41 bits per heavy atom. The van der Waals surface area contributed by atoms with E-state index in [1.165, 1.54) is 24.1 Å². The number of imidazole rings is 1. The average molecular weight is 567 g/mol. The van der Waals surface area contributed by atoms with E-state index in [4.69, 9.17) is 35.8 Å². The fraction of sp³-hybridized carbons (Fsp3) is 0.185. The van der Waals surface area contributed by atoms with E-state index in [-0.39, 0.29) is 11.0 Å². The van der Waals surface area contributed by atoms with Crippen molar-refractivity contribution in [3.8, 4) is 34.6 Å². The Labute approximate surface area is 233 Å². The smallest absolute Gasteiger partial charge is 0.213 e. The third kappa shape index (κ3) is 5.55. The molecule has 2 aromatic carbocycles. The topological polar surface area (TPSA) is 96.2 Å². The van der Waals surface area contributed by atoms with Gasteiger partial charge >= 0.3 is 0 Å². The number of pyridine rings is 1. The van der Waals surface area contributed by atoms with Crippen LogP contribution in [0, 0.1) is 5.82 Å². The summed E-state index contributed by atoms with van der Waals surface area (Å²) in [4.78, 5) is 18.7. The summed E-state index contributed by atoms with van der Waals surface area (Å²) >= 11 is 7.81. The van der Waals surface area contributed by atoms with Gasteiger partial charge in [-0.2, -0.15) is 0 Å². The van der Waals surface area contributed by atoms with E-state index in [0.29, 0.717) is 64.1 Å².